The third kappa shape index (κ3) is 3.42. The number of ketones is 1. The normalized spacial score (nSPS) is 46.0. The second-order valence-corrected chi connectivity index (χ2v) is 10.7. The Bertz CT molecular complexity index is 674. The Morgan fingerprint density at radius 2 is 1.69 bits per heavy atom. The molecule has 0 aliphatic heterocycles. The Hall–Kier alpha value is -1.39. The molecule has 4 aliphatic rings. The first kappa shape index (κ1) is 20.9. The van der Waals surface area contributed by atoms with Gasteiger partial charge in [-0.1, -0.05) is 13.8 Å². The molecule has 4 saturated carbocycles. The Labute approximate surface area is 174 Å². The topological polar surface area (TPSA) is 69.7 Å². The molecule has 8 atom stereocenters. The van der Waals surface area contributed by atoms with E-state index in [2.05, 4.69) is 13.8 Å². The summed E-state index contributed by atoms with van der Waals surface area (Å²) in [7, 11) is 0. The first-order valence-electron chi connectivity index (χ1n) is 11.5. The van der Waals surface area contributed by atoms with E-state index in [1.54, 1.807) is 0 Å². The van der Waals surface area contributed by atoms with Gasteiger partial charge in [-0.2, -0.15) is 0 Å². The number of carbonyl (C=O) groups excluding carboxylic acids is 3. The summed E-state index contributed by atoms with van der Waals surface area (Å²) in [6, 6.07) is 0. The van der Waals surface area contributed by atoms with Crippen LogP contribution in [0.1, 0.15) is 78.6 Å². The molecule has 4 fully saturated rings. The zero-order valence-corrected chi connectivity index (χ0v) is 18.2. The molecule has 2 unspecified atom stereocenters. The van der Waals surface area contributed by atoms with Gasteiger partial charge >= 0.3 is 5.97 Å². The van der Waals surface area contributed by atoms with Crippen LogP contribution in [0, 0.1) is 40.4 Å². The highest BCUT2D eigenvalue weighted by Crippen LogP contribution is 2.67. The molecule has 0 N–H and O–H groups in total. The number of esters is 1. The molecule has 5 nitrogen and oxygen atoms in total. The molecule has 0 aromatic rings. The molecule has 5 heteroatoms. The number of Topliss-reactive ketones (excluding diaryl/α,β-unsaturated/α-hetero) is 1. The van der Waals surface area contributed by atoms with E-state index in [0.29, 0.717) is 29.6 Å². The van der Waals surface area contributed by atoms with Crippen LogP contribution in [0.2, 0.25) is 0 Å². The highest BCUT2D eigenvalue weighted by Gasteiger charge is 2.61. The smallest absolute Gasteiger partial charge is 0.303 e. The lowest BCUT2D eigenvalue weighted by atomic mass is 9.44. The van der Waals surface area contributed by atoms with Gasteiger partial charge in [0.1, 0.15) is 12.7 Å². The first-order chi connectivity index (χ1) is 13.8. The van der Waals surface area contributed by atoms with Gasteiger partial charge in [-0.05, 0) is 92.3 Å². The molecular formula is C24H36O5. The predicted octanol–water partition coefficient (Wildman–Crippen LogP) is 4.32. The van der Waals surface area contributed by atoms with E-state index in [9.17, 15) is 14.4 Å². The minimum atomic E-state index is -0.373. The van der Waals surface area contributed by atoms with Gasteiger partial charge in [0, 0.05) is 12.8 Å². The van der Waals surface area contributed by atoms with E-state index in [4.69, 9.17) is 9.47 Å². The average Bonchev–Trinajstić information content (AvgIpc) is 3.04. The Morgan fingerprint density at radius 1 is 0.966 bits per heavy atom. The molecule has 162 valence electrons. The van der Waals surface area contributed by atoms with E-state index in [1.165, 1.54) is 26.2 Å². The fourth-order valence-corrected chi connectivity index (χ4v) is 8.22. The number of ether oxygens (including phenoxy) is 2. The van der Waals surface area contributed by atoms with Crippen molar-refractivity contribution in [2.45, 2.75) is 84.7 Å². The van der Waals surface area contributed by atoms with Crippen molar-refractivity contribution >= 4 is 18.2 Å². The lowest BCUT2D eigenvalue weighted by Crippen LogP contribution is -2.54. The van der Waals surface area contributed by atoms with Crippen LogP contribution < -0.4 is 0 Å². The van der Waals surface area contributed by atoms with E-state index in [0.717, 1.165) is 44.4 Å². The van der Waals surface area contributed by atoms with Gasteiger partial charge in [-0.15, -0.1) is 0 Å². The van der Waals surface area contributed by atoms with Crippen LogP contribution in [-0.2, 0) is 23.9 Å². The SMILES string of the molecule is CC(=O)OCC(=O)[C@H]1CC[C@H]2[C@@H]3CCC4CC(OC=O)CC[C@]4(C)[C@H]3CC[C@]12C. The fraction of sp³-hybridized carbons (Fsp3) is 0.875. The Morgan fingerprint density at radius 3 is 2.41 bits per heavy atom. The van der Waals surface area contributed by atoms with Crippen LogP contribution in [0.3, 0.4) is 0 Å². The molecule has 0 bridgehead atoms. The van der Waals surface area contributed by atoms with Gasteiger partial charge in [0.05, 0.1) is 0 Å². The average molecular weight is 405 g/mol. The third-order valence-electron chi connectivity index (χ3n) is 9.67. The molecule has 4 aliphatic carbocycles. The van der Waals surface area contributed by atoms with Crippen molar-refractivity contribution in [3.05, 3.63) is 0 Å². The van der Waals surface area contributed by atoms with Crippen LogP contribution in [0.25, 0.3) is 0 Å². The van der Waals surface area contributed by atoms with Crippen LogP contribution in [-0.4, -0.2) is 30.9 Å². The third-order valence-corrected chi connectivity index (χ3v) is 9.67. The minimum Gasteiger partial charge on any atom is -0.465 e. The number of fused-ring (bicyclic) bond motifs is 5. The molecule has 0 saturated heterocycles. The Kier molecular flexibility index (Phi) is 5.54. The first-order valence-corrected chi connectivity index (χ1v) is 11.5. The van der Waals surface area contributed by atoms with Crippen molar-refractivity contribution in [1.82, 2.24) is 0 Å². The molecule has 0 amide bonds. The van der Waals surface area contributed by atoms with Gasteiger partial charge in [0.25, 0.3) is 6.47 Å². The second-order valence-electron chi connectivity index (χ2n) is 10.7. The van der Waals surface area contributed by atoms with Gasteiger partial charge in [-0.3, -0.25) is 14.4 Å². The summed E-state index contributed by atoms with van der Waals surface area (Å²) in [5.74, 6) is 2.46. The zero-order chi connectivity index (χ0) is 20.8. The maximum atomic E-state index is 12.8. The quantitative estimate of drug-likeness (QED) is 0.504. The number of rotatable bonds is 5. The van der Waals surface area contributed by atoms with Crippen molar-refractivity contribution in [3.8, 4) is 0 Å². The molecule has 0 aromatic heterocycles. The van der Waals surface area contributed by atoms with Gasteiger partial charge in [0.15, 0.2) is 5.78 Å². The van der Waals surface area contributed by atoms with E-state index >= 15 is 0 Å². The highest BCUT2D eigenvalue weighted by atomic mass is 16.5. The number of hydrogen-bond acceptors (Lipinski definition) is 5. The van der Waals surface area contributed by atoms with E-state index in [-0.39, 0.29) is 35.8 Å². The number of hydrogen-bond donors (Lipinski definition) is 0. The van der Waals surface area contributed by atoms with Crippen molar-refractivity contribution in [2.75, 3.05) is 6.61 Å². The molecule has 0 spiro atoms. The van der Waals surface area contributed by atoms with Crippen molar-refractivity contribution < 1.29 is 23.9 Å². The summed E-state index contributed by atoms with van der Waals surface area (Å²) in [6.45, 7) is 6.75. The lowest BCUT2D eigenvalue weighted by Gasteiger charge is -2.61. The summed E-state index contributed by atoms with van der Waals surface area (Å²) in [5, 5.41) is 0. The van der Waals surface area contributed by atoms with Crippen molar-refractivity contribution in [3.63, 3.8) is 0 Å². The maximum Gasteiger partial charge on any atom is 0.303 e. The second kappa shape index (κ2) is 7.70. The predicted molar refractivity (Wildman–Crippen MR) is 108 cm³/mol. The molecule has 29 heavy (non-hydrogen) atoms. The maximum absolute atomic E-state index is 12.8. The van der Waals surface area contributed by atoms with Crippen LogP contribution in [0.5, 0.6) is 0 Å². The standard InChI is InChI=1S/C24H36O5/c1-15(26)28-13-22(27)21-7-6-19-18-5-4-16-12-17(29-14-25)8-10-23(16,2)20(18)9-11-24(19,21)3/h14,16-21H,4-13H2,1-3H3/t16?,17?,18-,19-,20-,21+,23-,24-/m0/s1. The summed E-state index contributed by atoms with van der Waals surface area (Å²) < 4.78 is 10.4. The summed E-state index contributed by atoms with van der Waals surface area (Å²) in [4.78, 5) is 34.8. The highest BCUT2D eigenvalue weighted by molar-refractivity contribution is 5.85. The van der Waals surface area contributed by atoms with Crippen molar-refractivity contribution in [1.29, 1.82) is 0 Å². The molecule has 4 rings (SSSR count). The molecule has 0 heterocycles. The largest absolute Gasteiger partial charge is 0.465 e. The van der Waals surface area contributed by atoms with Gasteiger partial charge < -0.3 is 9.47 Å². The Balaban J connectivity index is 1.49. The van der Waals surface area contributed by atoms with E-state index in [1.807, 2.05) is 0 Å². The molecule has 0 aromatic carbocycles. The molecular weight excluding hydrogens is 368 g/mol. The minimum absolute atomic E-state index is 0.0371. The van der Waals surface area contributed by atoms with Crippen molar-refractivity contribution in [2.24, 2.45) is 40.4 Å². The van der Waals surface area contributed by atoms with Crippen LogP contribution in [0.4, 0.5) is 0 Å². The summed E-state index contributed by atoms with van der Waals surface area (Å²) >= 11 is 0. The lowest BCUT2D eigenvalue weighted by molar-refractivity contribution is -0.155. The number of carbonyl (C=O) groups is 3. The van der Waals surface area contributed by atoms with E-state index < -0.39 is 0 Å². The van der Waals surface area contributed by atoms with Crippen LogP contribution in [0.15, 0.2) is 0 Å². The monoisotopic (exact) mass is 404 g/mol. The van der Waals surface area contributed by atoms with Gasteiger partial charge in [-0.25, -0.2) is 0 Å². The zero-order valence-electron chi connectivity index (χ0n) is 18.2. The van der Waals surface area contributed by atoms with Crippen LogP contribution >= 0.6 is 0 Å². The summed E-state index contributed by atoms with van der Waals surface area (Å²) in [6.07, 6.45) is 10.1. The fourth-order valence-electron chi connectivity index (χ4n) is 8.22. The molecule has 0 radical (unpaired) electrons. The van der Waals surface area contributed by atoms with Gasteiger partial charge in [0.2, 0.25) is 0 Å². The summed E-state index contributed by atoms with van der Waals surface area (Å²) in [5.41, 5.74) is 0.395.